The number of nitrogens with one attached hydrogen (secondary N) is 1. The maximum atomic E-state index is 11.2. The highest BCUT2D eigenvalue weighted by Crippen LogP contribution is 2.31. The average molecular weight is 311 g/mol. The van der Waals surface area contributed by atoms with Crippen molar-refractivity contribution < 1.29 is 8.42 Å². The van der Waals surface area contributed by atoms with E-state index in [2.05, 4.69) is 12.2 Å². The number of hydrogen-bond donors (Lipinski definition) is 3. The molecule has 1 aromatic rings. The van der Waals surface area contributed by atoms with E-state index in [1.165, 1.54) is 37.8 Å². The van der Waals surface area contributed by atoms with Crippen LogP contribution >= 0.6 is 0 Å². The van der Waals surface area contributed by atoms with Gasteiger partial charge in [0.1, 0.15) is 0 Å². The van der Waals surface area contributed by atoms with Crippen LogP contribution in [0.3, 0.4) is 0 Å². The zero-order chi connectivity index (χ0) is 15.5. The van der Waals surface area contributed by atoms with E-state index in [-0.39, 0.29) is 4.90 Å². The summed E-state index contributed by atoms with van der Waals surface area (Å²) < 4.78 is 22.5. The van der Waals surface area contributed by atoms with E-state index < -0.39 is 10.0 Å². The van der Waals surface area contributed by atoms with Crippen molar-refractivity contribution in [2.75, 3.05) is 17.6 Å². The van der Waals surface area contributed by atoms with E-state index in [0.29, 0.717) is 5.69 Å². The molecule has 5 nitrogen and oxygen atoms in total. The van der Waals surface area contributed by atoms with Crippen molar-refractivity contribution in [2.45, 2.75) is 43.9 Å². The van der Waals surface area contributed by atoms with Gasteiger partial charge >= 0.3 is 0 Å². The van der Waals surface area contributed by atoms with Gasteiger partial charge in [0.2, 0.25) is 10.0 Å². The fraction of sp³-hybridized carbons (Fsp3) is 0.600. The summed E-state index contributed by atoms with van der Waals surface area (Å²) in [6.07, 6.45) is 6.43. The van der Waals surface area contributed by atoms with Crippen molar-refractivity contribution in [3.8, 4) is 0 Å². The van der Waals surface area contributed by atoms with E-state index >= 15 is 0 Å². The fourth-order valence-electron chi connectivity index (χ4n) is 3.11. The first-order chi connectivity index (χ1) is 9.86. The van der Waals surface area contributed by atoms with E-state index in [9.17, 15) is 8.42 Å². The van der Waals surface area contributed by atoms with Crippen molar-refractivity contribution in [3.63, 3.8) is 0 Å². The quantitative estimate of drug-likeness (QED) is 0.728. The predicted octanol–water partition coefficient (Wildman–Crippen LogP) is 2.54. The number of nitrogens with two attached hydrogens (primary N) is 2. The largest absolute Gasteiger partial charge is 0.397 e. The molecule has 1 saturated carbocycles. The summed E-state index contributed by atoms with van der Waals surface area (Å²) in [6, 6.07) is 4.57. The highest BCUT2D eigenvalue weighted by molar-refractivity contribution is 7.89. The molecule has 0 bridgehead atoms. The Hall–Kier alpha value is -1.27. The Kier molecular flexibility index (Phi) is 5.11. The van der Waals surface area contributed by atoms with Gasteiger partial charge in [0.05, 0.1) is 16.3 Å². The lowest BCUT2D eigenvalue weighted by Gasteiger charge is -2.26. The first-order valence-corrected chi connectivity index (χ1v) is 9.07. The van der Waals surface area contributed by atoms with E-state index in [0.717, 1.165) is 30.5 Å². The van der Waals surface area contributed by atoms with Gasteiger partial charge < -0.3 is 11.1 Å². The zero-order valence-electron chi connectivity index (χ0n) is 12.5. The van der Waals surface area contributed by atoms with Crippen molar-refractivity contribution in [1.82, 2.24) is 0 Å². The number of benzene rings is 1. The van der Waals surface area contributed by atoms with Crippen LogP contribution in [0.5, 0.6) is 0 Å². The van der Waals surface area contributed by atoms with Gasteiger partial charge in [-0.1, -0.05) is 26.2 Å². The molecule has 0 aromatic heterocycles. The summed E-state index contributed by atoms with van der Waals surface area (Å²) in [7, 11) is -3.69. The van der Waals surface area contributed by atoms with Crippen LogP contribution in [0.25, 0.3) is 0 Å². The van der Waals surface area contributed by atoms with Crippen LogP contribution in [0.1, 0.15) is 39.0 Å². The Morgan fingerprint density at radius 1 is 1.33 bits per heavy atom. The number of hydrogen-bond acceptors (Lipinski definition) is 4. The molecule has 6 heteroatoms. The molecule has 118 valence electrons. The van der Waals surface area contributed by atoms with Crippen molar-refractivity contribution in [1.29, 1.82) is 0 Å². The Balaban J connectivity index is 1.89. The second-order valence-electron chi connectivity index (χ2n) is 6.15. The van der Waals surface area contributed by atoms with Gasteiger partial charge in [-0.05, 0) is 42.9 Å². The van der Waals surface area contributed by atoms with Crippen molar-refractivity contribution in [2.24, 2.45) is 17.0 Å². The second-order valence-corrected chi connectivity index (χ2v) is 7.71. The molecule has 2 unspecified atom stereocenters. The number of anilines is 2. The van der Waals surface area contributed by atoms with Crippen LogP contribution in [0.2, 0.25) is 0 Å². The van der Waals surface area contributed by atoms with Crippen LogP contribution in [0.15, 0.2) is 23.1 Å². The highest BCUT2D eigenvalue weighted by atomic mass is 32.2. The molecule has 0 spiro atoms. The summed E-state index contributed by atoms with van der Waals surface area (Å²) in [5.41, 5.74) is 7.06. The molecule has 0 saturated heterocycles. The maximum absolute atomic E-state index is 11.2. The molecule has 0 amide bonds. The smallest absolute Gasteiger partial charge is 0.238 e. The van der Waals surface area contributed by atoms with Crippen LogP contribution in [0, 0.1) is 11.8 Å². The lowest BCUT2D eigenvalue weighted by Crippen LogP contribution is -2.17. The van der Waals surface area contributed by atoms with Crippen LogP contribution in [0.4, 0.5) is 11.4 Å². The zero-order valence-corrected chi connectivity index (χ0v) is 13.3. The van der Waals surface area contributed by atoms with Crippen molar-refractivity contribution >= 4 is 21.4 Å². The Morgan fingerprint density at radius 2 is 2.10 bits per heavy atom. The van der Waals surface area contributed by atoms with Gasteiger partial charge in [-0.3, -0.25) is 0 Å². The summed E-state index contributed by atoms with van der Waals surface area (Å²) >= 11 is 0. The molecule has 21 heavy (non-hydrogen) atoms. The summed E-state index contributed by atoms with van der Waals surface area (Å²) in [5.74, 6) is 1.62. The standard InChI is InChI=1S/C15H25N3O2S/c1-11-3-2-4-12(9-11)7-8-18-15-6-5-13(10-14(15)16)21(17,19)20/h5-6,10-12,18H,2-4,7-9,16H2,1H3,(H2,17,19,20). The topological polar surface area (TPSA) is 98.2 Å². The minimum absolute atomic E-state index is 0.0478. The molecule has 2 rings (SSSR count). The lowest BCUT2D eigenvalue weighted by atomic mass is 9.81. The Morgan fingerprint density at radius 3 is 2.71 bits per heavy atom. The third-order valence-electron chi connectivity index (χ3n) is 4.26. The molecule has 1 aromatic carbocycles. The summed E-state index contributed by atoms with van der Waals surface area (Å²) in [6.45, 7) is 3.18. The minimum atomic E-state index is -3.69. The number of rotatable bonds is 5. The van der Waals surface area contributed by atoms with Crippen LogP contribution < -0.4 is 16.2 Å². The molecule has 1 fully saturated rings. The predicted molar refractivity (Wildman–Crippen MR) is 86.5 cm³/mol. The number of primary sulfonamides is 1. The molecule has 0 aliphatic heterocycles. The van der Waals surface area contributed by atoms with E-state index in [4.69, 9.17) is 10.9 Å². The maximum Gasteiger partial charge on any atom is 0.238 e. The van der Waals surface area contributed by atoms with E-state index in [1.54, 1.807) is 6.07 Å². The Labute approximate surface area is 127 Å². The minimum Gasteiger partial charge on any atom is -0.397 e. The van der Waals surface area contributed by atoms with Crippen LogP contribution in [-0.4, -0.2) is 15.0 Å². The summed E-state index contributed by atoms with van der Waals surface area (Å²) in [5, 5.41) is 8.38. The molecular formula is C15H25N3O2S. The van der Waals surface area contributed by atoms with Gasteiger partial charge in [0.15, 0.2) is 0 Å². The SMILES string of the molecule is CC1CCCC(CCNc2ccc(S(N)(=O)=O)cc2N)C1. The van der Waals surface area contributed by atoms with Gasteiger partial charge in [-0.2, -0.15) is 0 Å². The third-order valence-corrected chi connectivity index (χ3v) is 5.18. The fourth-order valence-corrected chi connectivity index (χ4v) is 3.66. The highest BCUT2D eigenvalue weighted by Gasteiger charge is 2.18. The van der Waals surface area contributed by atoms with Gasteiger partial charge in [-0.25, -0.2) is 13.6 Å². The molecule has 2 atom stereocenters. The van der Waals surface area contributed by atoms with Crippen LogP contribution in [-0.2, 0) is 10.0 Å². The molecule has 1 aliphatic carbocycles. The average Bonchev–Trinajstić information content (AvgIpc) is 2.39. The molecule has 5 N–H and O–H groups in total. The first-order valence-electron chi connectivity index (χ1n) is 7.52. The van der Waals surface area contributed by atoms with Gasteiger partial charge in [0.25, 0.3) is 0 Å². The molecule has 1 aliphatic rings. The third kappa shape index (κ3) is 4.61. The Bertz CT molecular complexity index is 587. The molecular weight excluding hydrogens is 286 g/mol. The number of sulfonamides is 1. The second kappa shape index (κ2) is 6.66. The van der Waals surface area contributed by atoms with E-state index in [1.807, 2.05) is 0 Å². The lowest BCUT2D eigenvalue weighted by molar-refractivity contribution is 0.274. The van der Waals surface area contributed by atoms with Crippen molar-refractivity contribution in [3.05, 3.63) is 18.2 Å². The van der Waals surface area contributed by atoms with Gasteiger partial charge in [-0.15, -0.1) is 0 Å². The van der Waals surface area contributed by atoms with Gasteiger partial charge in [0, 0.05) is 6.54 Å². The molecule has 0 heterocycles. The number of nitrogen functional groups attached to an aromatic ring is 1. The monoisotopic (exact) mass is 311 g/mol. The molecule has 0 radical (unpaired) electrons. The first kappa shape index (κ1) is 16.1. The normalized spacial score (nSPS) is 23.0. The summed E-state index contributed by atoms with van der Waals surface area (Å²) in [4.78, 5) is 0.0478.